The number of aliphatic hydroxyl groups is 3. The van der Waals surface area contributed by atoms with Crippen molar-refractivity contribution in [3.63, 3.8) is 0 Å². The molecule has 5 aliphatic rings. The Morgan fingerprint density at radius 1 is 0.855 bits per heavy atom. The minimum atomic E-state index is -2.40. The van der Waals surface area contributed by atoms with Crippen LogP contribution in [0.15, 0.2) is 72.1 Å². The van der Waals surface area contributed by atoms with Crippen LogP contribution in [0.5, 0.6) is 0 Å². The van der Waals surface area contributed by atoms with Gasteiger partial charge >= 0.3 is 5.97 Å². The van der Waals surface area contributed by atoms with Crippen LogP contribution in [0.3, 0.4) is 0 Å². The zero-order valence-electron chi connectivity index (χ0n) is 42.3. The van der Waals surface area contributed by atoms with Crippen molar-refractivity contribution < 1.29 is 53.4 Å². The molecule has 3 unspecified atom stereocenters. The van der Waals surface area contributed by atoms with Crippen molar-refractivity contribution in [2.45, 2.75) is 180 Å². The largest absolute Gasteiger partial charge is 0.461 e. The van der Waals surface area contributed by atoms with Gasteiger partial charge < -0.3 is 44.5 Å². The first-order valence-corrected chi connectivity index (χ1v) is 25.7. The van der Waals surface area contributed by atoms with E-state index in [1.165, 1.54) is 12.0 Å². The van der Waals surface area contributed by atoms with Crippen LogP contribution in [0.25, 0.3) is 0 Å². The molecule has 0 radical (unpaired) electrons. The van der Waals surface area contributed by atoms with E-state index in [0.717, 1.165) is 30.5 Å². The van der Waals surface area contributed by atoms with Gasteiger partial charge in [-0.05, 0) is 145 Å². The number of carbonyl (C=O) groups is 4. The number of fused-ring (bicyclic) bond motifs is 5. The topological polar surface area (TPSA) is 194 Å². The molecule has 16 atom stereocenters. The van der Waals surface area contributed by atoms with Crippen LogP contribution in [-0.4, -0.2) is 124 Å². The van der Waals surface area contributed by atoms with Crippen molar-refractivity contribution in [3.05, 3.63) is 72.1 Å². The van der Waals surface area contributed by atoms with Gasteiger partial charge in [-0.15, -0.1) is 0 Å². The molecule has 0 spiro atoms. The zero-order valence-corrected chi connectivity index (χ0v) is 42.3. The van der Waals surface area contributed by atoms with E-state index in [-0.39, 0.29) is 60.0 Å². The first-order chi connectivity index (χ1) is 32.9. The third kappa shape index (κ3) is 13.9. The average molecular weight is 960 g/mol. The summed E-state index contributed by atoms with van der Waals surface area (Å²) in [4.78, 5) is 62.8. The van der Waals surface area contributed by atoms with E-state index in [1.807, 2.05) is 76.3 Å². The quantitative estimate of drug-likeness (QED) is 0.125. The Morgan fingerprint density at radius 2 is 1.64 bits per heavy atom. The number of methoxy groups -OCH3 is 2. The maximum absolute atomic E-state index is 14.5. The van der Waals surface area contributed by atoms with Crippen molar-refractivity contribution >= 4 is 29.1 Å². The summed E-state index contributed by atoms with van der Waals surface area (Å²) in [6, 6.07) is 2.44. The molecule has 0 aromatic carbocycles. The van der Waals surface area contributed by atoms with E-state index in [9.17, 15) is 34.5 Å². The van der Waals surface area contributed by atoms with Crippen molar-refractivity contribution in [3.8, 4) is 0 Å². The highest BCUT2D eigenvalue weighted by Crippen LogP contribution is 2.42. The smallest absolute Gasteiger partial charge is 0.329 e. The number of rotatable bonds is 6. The van der Waals surface area contributed by atoms with Gasteiger partial charge in [-0.3, -0.25) is 19.4 Å². The summed E-state index contributed by atoms with van der Waals surface area (Å²) in [5, 5.41) is 37.9. The fourth-order valence-electron chi connectivity index (χ4n) is 11.7. The summed E-state index contributed by atoms with van der Waals surface area (Å²) in [6.07, 6.45) is 18.8. The molecule has 4 N–H and O–H groups in total. The Hall–Kier alpha value is -4.05. The van der Waals surface area contributed by atoms with Gasteiger partial charge in [0, 0.05) is 51.0 Å². The fraction of sp³-hybridized carbons (Fsp3) is 0.691. The van der Waals surface area contributed by atoms with E-state index < -0.39 is 65.9 Å². The lowest BCUT2D eigenvalue weighted by Crippen LogP contribution is -2.61. The molecule has 14 nitrogen and oxygen atoms in total. The summed E-state index contributed by atoms with van der Waals surface area (Å²) in [6.45, 7) is 11.6. The third-order valence-electron chi connectivity index (χ3n) is 16.0. The van der Waals surface area contributed by atoms with Gasteiger partial charge in [0.1, 0.15) is 24.4 Å². The zero-order chi connectivity index (χ0) is 50.0. The molecule has 6 rings (SSSR count). The molecule has 5 bridgehead atoms. The second-order valence-corrected chi connectivity index (χ2v) is 21.3. The molecule has 1 saturated carbocycles. The van der Waals surface area contributed by atoms with E-state index in [1.54, 1.807) is 26.4 Å². The van der Waals surface area contributed by atoms with Gasteiger partial charge in [0.25, 0.3) is 11.7 Å². The number of hydrogen-bond acceptors (Lipinski definition) is 13. The highest BCUT2D eigenvalue weighted by atomic mass is 16.6. The van der Waals surface area contributed by atoms with Gasteiger partial charge in [0.15, 0.2) is 5.78 Å². The molecule has 69 heavy (non-hydrogen) atoms. The highest BCUT2D eigenvalue weighted by Gasteiger charge is 2.54. The van der Waals surface area contributed by atoms with E-state index in [4.69, 9.17) is 18.9 Å². The lowest BCUT2D eigenvalue weighted by molar-refractivity contribution is -0.263. The summed E-state index contributed by atoms with van der Waals surface area (Å²) >= 11 is 0. The van der Waals surface area contributed by atoms with Gasteiger partial charge in [0.2, 0.25) is 5.79 Å². The maximum Gasteiger partial charge on any atom is 0.329 e. The van der Waals surface area contributed by atoms with Crippen LogP contribution in [-0.2, 0) is 38.1 Å². The van der Waals surface area contributed by atoms with Crippen LogP contribution >= 0.6 is 0 Å². The molecule has 4 aliphatic heterocycles. The number of pyridine rings is 1. The Balaban J connectivity index is 1.31. The molecule has 1 aromatic heterocycles. The minimum Gasteiger partial charge on any atom is -0.461 e. The second kappa shape index (κ2) is 24.9. The summed E-state index contributed by atoms with van der Waals surface area (Å²) in [7, 11) is 3.08. The minimum absolute atomic E-state index is 0.00289. The van der Waals surface area contributed by atoms with Crippen molar-refractivity contribution in [2.24, 2.45) is 41.4 Å². The number of esters is 1. The van der Waals surface area contributed by atoms with Crippen LogP contribution < -0.4 is 5.32 Å². The van der Waals surface area contributed by atoms with E-state index in [2.05, 4.69) is 17.2 Å². The monoisotopic (exact) mass is 960 g/mol. The van der Waals surface area contributed by atoms with Gasteiger partial charge in [-0.1, -0.05) is 69.7 Å². The van der Waals surface area contributed by atoms with E-state index >= 15 is 0 Å². The molecule has 4 fully saturated rings. The Bertz CT molecular complexity index is 2020. The predicted octanol–water partition coefficient (Wildman–Crippen LogP) is 7.47. The summed E-state index contributed by atoms with van der Waals surface area (Å²) in [5.41, 5.74) is 2.36. The number of nitrogens with zero attached hydrogens (tertiary/aromatic N) is 2. The number of aromatic nitrogens is 1. The standard InChI is InChI=1S/C55H81N3O11/c1-33-13-10-9-11-14-35(3)44(57-42-15-12-23-56-32-42)31-43-19-17-38(6)55(65,69-43)52(62)53(63)58-24-22-40-28-41(27-39-18-20-46(59)48(30-39)66-7)47(68-54(64)45(58)29-40)21-16-34(2)26-37(5)50(61)51(67-8)49(60)36(4)25-33/h9-15,23,26,32-34,36,38-41,43-48,50-51,57,59,61,65H,16-22,24-25,27-31H2,1-8H3/b11-9+,13-10+,35-14+,37-26+/t33-,34+,36-,38-,39+,40?,41+,43+,44?,45?,46-,47+,48-,50-,51+,55-/m1/s1. The number of nitrogens with one attached hydrogen (secondary N) is 1. The van der Waals surface area contributed by atoms with Crippen molar-refractivity contribution in [1.82, 2.24) is 9.88 Å². The highest BCUT2D eigenvalue weighted by molar-refractivity contribution is 6.39. The SMILES string of the molecule is CO[C@@H]1C[C@H](C[C@H]2CC3CCN4C(=O)C(=O)[C@]5(O)O[C@@H](CC[C@H]5C)CC(Nc5cccnc5)/C(C)=C/C=C/C=C/[C@@H](C)C[C@@H](C)C(=O)[C@H](OC)[C@H](O)/C(C)=C/[C@@H](C)CC[C@@H]2OC(=O)C4C3)CC[C@H]1O. The van der Waals surface area contributed by atoms with Crippen LogP contribution in [0, 0.1) is 41.4 Å². The number of allylic oxidation sites excluding steroid dienone is 6. The normalized spacial score (nSPS) is 40.9. The van der Waals surface area contributed by atoms with Gasteiger partial charge in [0.05, 0.1) is 24.0 Å². The molecule has 382 valence electrons. The molecule has 3 saturated heterocycles. The number of amides is 1. The molecule has 14 heteroatoms. The Labute approximate surface area is 410 Å². The van der Waals surface area contributed by atoms with E-state index in [0.29, 0.717) is 69.8 Å². The van der Waals surface area contributed by atoms with Crippen LogP contribution in [0.2, 0.25) is 0 Å². The number of piperidine rings is 1. The Morgan fingerprint density at radius 3 is 2.36 bits per heavy atom. The molecule has 1 aromatic rings. The van der Waals surface area contributed by atoms with Gasteiger partial charge in [-0.2, -0.15) is 0 Å². The maximum atomic E-state index is 14.5. The number of hydrogen-bond donors (Lipinski definition) is 4. The number of aliphatic hydroxyl groups excluding tert-OH is 2. The van der Waals surface area contributed by atoms with Crippen LogP contribution in [0.4, 0.5) is 5.69 Å². The lowest BCUT2D eigenvalue weighted by atomic mass is 9.73. The molecular formula is C55H81N3O11. The average Bonchev–Trinajstić information content (AvgIpc) is 3.33. The number of anilines is 1. The van der Waals surface area contributed by atoms with Gasteiger partial charge in [-0.25, -0.2) is 4.79 Å². The first-order valence-electron chi connectivity index (χ1n) is 25.7. The number of ketones is 2. The lowest BCUT2D eigenvalue weighted by Gasteiger charge is -2.45. The summed E-state index contributed by atoms with van der Waals surface area (Å²) in [5.74, 6) is -5.87. The predicted molar refractivity (Wildman–Crippen MR) is 263 cm³/mol. The Kier molecular flexibility index (Phi) is 19.6. The number of ether oxygens (including phenoxy) is 4. The molecule has 5 heterocycles. The summed E-state index contributed by atoms with van der Waals surface area (Å²) < 4.78 is 24.2. The third-order valence-corrected chi connectivity index (χ3v) is 16.0. The van der Waals surface area contributed by atoms with Crippen LogP contribution in [0.1, 0.15) is 125 Å². The molecule has 1 amide bonds. The molecular weight excluding hydrogens is 879 g/mol. The number of carbonyl (C=O) groups excluding carboxylic acids is 4. The fourth-order valence-corrected chi connectivity index (χ4v) is 11.7. The van der Waals surface area contributed by atoms with Crippen molar-refractivity contribution in [1.29, 1.82) is 0 Å². The molecule has 1 aliphatic carbocycles. The second-order valence-electron chi connectivity index (χ2n) is 21.3. The van der Waals surface area contributed by atoms with Crippen molar-refractivity contribution in [2.75, 3.05) is 26.1 Å². The number of Topliss-reactive ketones (excluding diaryl/α,β-unsaturated/α-hetero) is 2. The first kappa shape index (κ1) is 54.3.